The molecule has 1 aromatic rings. The first-order valence-electron chi connectivity index (χ1n) is 5.28. The Bertz CT molecular complexity index is 336. The van der Waals surface area contributed by atoms with Crippen molar-refractivity contribution < 1.29 is 0 Å². The fourth-order valence-corrected chi connectivity index (χ4v) is 1.61. The number of hydrogen-bond donors (Lipinski definition) is 2. The molecule has 0 spiro atoms. The summed E-state index contributed by atoms with van der Waals surface area (Å²) in [4.78, 5) is 4.43. The summed E-state index contributed by atoms with van der Waals surface area (Å²) in [6, 6.07) is 6.18. The van der Waals surface area contributed by atoms with E-state index in [1.165, 1.54) is 11.1 Å². The highest BCUT2D eigenvalue weighted by Gasteiger charge is 2.07. The monoisotopic (exact) mass is 205 g/mol. The Morgan fingerprint density at radius 2 is 1.93 bits per heavy atom. The average Bonchev–Trinajstić information content (AvgIpc) is 2.22. The molecule has 0 aliphatic carbocycles. The molecule has 82 valence electrons. The minimum absolute atomic E-state index is 0.785. The van der Waals surface area contributed by atoms with Gasteiger partial charge in [-0.3, -0.25) is 4.99 Å². The van der Waals surface area contributed by atoms with Crippen LogP contribution in [-0.4, -0.2) is 12.4 Å². The Morgan fingerprint density at radius 1 is 1.33 bits per heavy atom. The molecule has 3 heteroatoms. The first-order valence-corrected chi connectivity index (χ1v) is 5.28. The van der Waals surface area contributed by atoms with Gasteiger partial charge in [0.1, 0.15) is 5.84 Å². The predicted octanol–water partition coefficient (Wildman–Crippen LogP) is 1.92. The molecule has 3 N–H and O–H groups in total. The maximum absolute atomic E-state index is 5.50. The largest absolute Gasteiger partial charge is 0.308 e. The van der Waals surface area contributed by atoms with Crippen LogP contribution in [0.15, 0.2) is 23.2 Å². The SMILES string of the molecule is CCCN=C(NN)c1c(C)cccc1C. The molecule has 0 unspecified atom stereocenters. The first-order chi connectivity index (χ1) is 7.20. The van der Waals surface area contributed by atoms with Crippen molar-refractivity contribution in [3.63, 3.8) is 0 Å². The summed E-state index contributed by atoms with van der Waals surface area (Å²) in [5, 5.41) is 0. The van der Waals surface area contributed by atoms with Crippen LogP contribution >= 0.6 is 0 Å². The number of hydrogen-bond acceptors (Lipinski definition) is 2. The van der Waals surface area contributed by atoms with E-state index in [9.17, 15) is 0 Å². The van der Waals surface area contributed by atoms with Crippen molar-refractivity contribution >= 4 is 5.84 Å². The lowest BCUT2D eigenvalue weighted by molar-refractivity contribution is 0.906. The standard InChI is InChI=1S/C12H19N3/c1-4-8-14-12(15-13)11-9(2)6-5-7-10(11)3/h5-7H,4,8,13H2,1-3H3,(H,14,15). The molecule has 15 heavy (non-hydrogen) atoms. The molecule has 0 atom stereocenters. The second-order valence-corrected chi connectivity index (χ2v) is 3.64. The zero-order chi connectivity index (χ0) is 11.3. The predicted molar refractivity (Wildman–Crippen MR) is 64.9 cm³/mol. The summed E-state index contributed by atoms with van der Waals surface area (Å²) in [5.74, 6) is 6.29. The van der Waals surface area contributed by atoms with Crippen LogP contribution in [-0.2, 0) is 0 Å². The molecule has 0 fully saturated rings. The number of amidine groups is 1. The third-order valence-corrected chi connectivity index (χ3v) is 2.35. The van der Waals surface area contributed by atoms with E-state index in [0.29, 0.717) is 0 Å². The van der Waals surface area contributed by atoms with Gasteiger partial charge in [-0.2, -0.15) is 0 Å². The van der Waals surface area contributed by atoms with Gasteiger partial charge < -0.3 is 5.43 Å². The van der Waals surface area contributed by atoms with Gasteiger partial charge in [-0.1, -0.05) is 25.1 Å². The minimum Gasteiger partial charge on any atom is -0.308 e. The van der Waals surface area contributed by atoms with Gasteiger partial charge in [0.2, 0.25) is 0 Å². The van der Waals surface area contributed by atoms with Crippen LogP contribution in [0.1, 0.15) is 30.0 Å². The van der Waals surface area contributed by atoms with Crippen LogP contribution in [0.5, 0.6) is 0 Å². The van der Waals surface area contributed by atoms with Gasteiger partial charge in [0.05, 0.1) is 0 Å². The molecular weight excluding hydrogens is 186 g/mol. The molecular formula is C12H19N3. The van der Waals surface area contributed by atoms with E-state index in [2.05, 4.69) is 43.3 Å². The van der Waals surface area contributed by atoms with E-state index >= 15 is 0 Å². The topological polar surface area (TPSA) is 50.4 Å². The third-order valence-electron chi connectivity index (χ3n) is 2.35. The van der Waals surface area contributed by atoms with Gasteiger partial charge in [-0.25, -0.2) is 5.84 Å². The Morgan fingerprint density at radius 3 is 2.40 bits per heavy atom. The van der Waals surface area contributed by atoms with Gasteiger partial charge in [0.25, 0.3) is 0 Å². The van der Waals surface area contributed by atoms with Crippen LogP contribution in [0.3, 0.4) is 0 Å². The number of aliphatic imine (C=N–C) groups is 1. The average molecular weight is 205 g/mol. The highest BCUT2D eigenvalue weighted by atomic mass is 15.2. The second-order valence-electron chi connectivity index (χ2n) is 3.64. The molecule has 0 radical (unpaired) electrons. The van der Waals surface area contributed by atoms with Crippen LogP contribution in [0.4, 0.5) is 0 Å². The number of benzene rings is 1. The Hall–Kier alpha value is -1.35. The number of rotatable bonds is 3. The summed E-state index contributed by atoms with van der Waals surface area (Å²) < 4.78 is 0. The Labute approximate surface area is 91.4 Å². The summed E-state index contributed by atoms with van der Waals surface area (Å²) >= 11 is 0. The van der Waals surface area contributed by atoms with Crippen molar-refractivity contribution in [3.05, 3.63) is 34.9 Å². The number of nitrogens with two attached hydrogens (primary N) is 1. The number of hydrazine groups is 1. The van der Waals surface area contributed by atoms with Crippen LogP contribution in [0.2, 0.25) is 0 Å². The van der Waals surface area contributed by atoms with Gasteiger partial charge in [0, 0.05) is 12.1 Å². The van der Waals surface area contributed by atoms with Crippen molar-refractivity contribution in [3.8, 4) is 0 Å². The lowest BCUT2D eigenvalue weighted by atomic mass is 10.0. The molecule has 0 bridgehead atoms. The van der Waals surface area contributed by atoms with Crippen molar-refractivity contribution in [2.45, 2.75) is 27.2 Å². The molecule has 0 aliphatic rings. The normalized spacial score (nSPS) is 11.6. The van der Waals surface area contributed by atoms with E-state index in [4.69, 9.17) is 5.84 Å². The van der Waals surface area contributed by atoms with E-state index in [1.807, 2.05) is 6.07 Å². The zero-order valence-electron chi connectivity index (χ0n) is 9.67. The number of aryl methyl sites for hydroxylation is 2. The third kappa shape index (κ3) is 2.80. The minimum atomic E-state index is 0.785. The van der Waals surface area contributed by atoms with Gasteiger partial charge in [-0.15, -0.1) is 0 Å². The van der Waals surface area contributed by atoms with Gasteiger partial charge in [-0.05, 0) is 31.4 Å². The second kappa shape index (κ2) is 5.51. The van der Waals surface area contributed by atoms with E-state index in [1.54, 1.807) is 0 Å². The molecule has 1 rings (SSSR count). The highest BCUT2D eigenvalue weighted by Crippen LogP contribution is 2.13. The van der Waals surface area contributed by atoms with Crippen molar-refractivity contribution in [1.29, 1.82) is 0 Å². The maximum Gasteiger partial charge on any atom is 0.143 e. The number of nitrogens with zero attached hydrogens (tertiary/aromatic N) is 1. The van der Waals surface area contributed by atoms with Gasteiger partial charge in [0.15, 0.2) is 0 Å². The van der Waals surface area contributed by atoms with Gasteiger partial charge >= 0.3 is 0 Å². The Kier molecular flexibility index (Phi) is 4.31. The molecule has 1 aromatic carbocycles. The quantitative estimate of drug-likeness (QED) is 0.343. The van der Waals surface area contributed by atoms with Crippen LogP contribution < -0.4 is 11.3 Å². The summed E-state index contributed by atoms with van der Waals surface area (Å²) in [6.45, 7) is 7.04. The van der Waals surface area contributed by atoms with Crippen molar-refractivity contribution in [2.24, 2.45) is 10.8 Å². The molecule has 0 aromatic heterocycles. The number of nitrogens with one attached hydrogen (secondary N) is 1. The molecule has 0 heterocycles. The van der Waals surface area contributed by atoms with E-state index in [-0.39, 0.29) is 0 Å². The maximum atomic E-state index is 5.50. The van der Waals surface area contributed by atoms with Crippen molar-refractivity contribution in [1.82, 2.24) is 5.43 Å². The van der Waals surface area contributed by atoms with Crippen LogP contribution in [0.25, 0.3) is 0 Å². The fraction of sp³-hybridized carbons (Fsp3) is 0.417. The lowest BCUT2D eigenvalue weighted by Gasteiger charge is -2.11. The summed E-state index contributed by atoms with van der Waals surface area (Å²) in [6.07, 6.45) is 1.02. The van der Waals surface area contributed by atoms with E-state index in [0.717, 1.165) is 24.4 Å². The smallest absolute Gasteiger partial charge is 0.143 e. The Balaban J connectivity index is 3.11. The highest BCUT2D eigenvalue weighted by molar-refractivity contribution is 6.00. The molecule has 3 nitrogen and oxygen atoms in total. The fourth-order valence-electron chi connectivity index (χ4n) is 1.61. The molecule has 0 amide bonds. The summed E-state index contributed by atoms with van der Waals surface area (Å²) in [5.41, 5.74) is 6.20. The van der Waals surface area contributed by atoms with Crippen LogP contribution in [0, 0.1) is 13.8 Å². The first kappa shape index (κ1) is 11.7. The molecule has 0 aliphatic heterocycles. The lowest BCUT2D eigenvalue weighted by Crippen LogP contribution is -2.32. The summed E-state index contributed by atoms with van der Waals surface area (Å²) in [7, 11) is 0. The zero-order valence-corrected chi connectivity index (χ0v) is 9.67. The van der Waals surface area contributed by atoms with E-state index < -0.39 is 0 Å². The molecule has 0 saturated heterocycles. The van der Waals surface area contributed by atoms with Crippen molar-refractivity contribution in [2.75, 3.05) is 6.54 Å². The molecule has 0 saturated carbocycles.